The first-order valence-corrected chi connectivity index (χ1v) is 8.23. The normalized spacial score (nSPS) is 15.9. The van der Waals surface area contributed by atoms with Crippen molar-refractivity contribution in [3.05, 3.63) is 40.6 Å². The number of furan rings is 1. The van der Waals surface area contributed by atoms with Crippen LogP contribution in [0.2, 0.25) is 0 Å². The van der Waals surface area contributed by atoms with Crippen molar-refractivity contribution in [1.29, 1.82) is 0 Å². The number of anilines is 2. The summed E-state index contributed by atoms with van der Waals surface area (Å²) in [5, 5.41) is 14.7. The van der Waals surface area contributed by atoms with Gasteiger partial charge in [0.25, 0.3) is 0 Å². The largest absolute Gasteiger partial charge is 0.467 e. The van der Waals surface area contributed by atoms with Crippen molar-refractivity contribution in [2.75, 3.05) is 37.4 Å². The molecule has 1 aliphatic rings. The third-order valence-electron chi connectivity index (χ3n) is 4.57. The van der Waals surface area contributed by atoms with Crippen molar-refractivity contribution in [3.63, 3.8) is 0 Å². The molecule has 1 N–H and O–H groups in total. The molecule has 9 nitrogen and oxygen atoms in total. The summed E-state index contributed by atoms with van der Waals surface area (Å²) in [5.41, 5.74) is -0.101. The molecule has 9 heteroatoms. The Morgan fingerprint density at radius 2 is 2.20 bits per heavy atom. The number of aromatic nitrogens is 2. The van der Waals surface area contributed by atoms with Gasteiger partial charge in [0.1, 0.15) is 12.1 Å². The van der Waals surface area contributed by atoms with Crippen LogP contribution in [0.1, 0.15) is 18.6 Å². The number of rotatable bonds is 6. The highest BCUT2D eigenvalue weighted by Gasteiger charge is 2.30. The summed E-state index contributed by atoms with van der Waals surface area (Å²) in [6.45, 7) is 2.26. The first-order valence-electron chi connectivity index (χ1n) is 8.23. The second-order valence-corrected chi connectivity index (χ2v) is 6.23. The molecule has 0 saturated carbocycles. The zero-order valence-corrected chi connectivity index (χ0v) is 14.4. The molecule has 0 atom stereocenters. The Hall–Kier alpha value is -2.68. The maximum absolute atomic E-state index is 11.7. The minimum Gasteiger partial charge on any atom is -0.467 e. The third kappa shape index (κ3) is 3.87. The molecule has 0 amide bonds. The maximum Gasteiger partial charge on any atom is 0.353 e. The van der Waals surface area contributed by atoms with Crippen LogP contribution in [-0.2, 0) is 6.54 Å². The Bertz CT molecular complexity index is 713. The average molecular weight is 346 g/mol. The summed E-state index contributed by atoms with van der Waals surface area (Å²) in [6.07, 6.45) is 4.82. The van der Waals surface area contributed by atoms with Gasteiger partial charge in [-0.15, -0.1) is 0 Å². The molecule has 0 bridgehead atoms. The number of likely N-dealkylation sites (tertiary alicyclic amines) is 1. The average Bonchev–Trinajstić information content (AvgIpc) is 3.13. The Labute approximate surface area is 145 Å². The van der Waals surface area contributed by atoms with Gasteiger partial charge in [0.15, 0.2) is 0 Å². The quantitative estimate of drug-likeness (QED) is 0.627. The van der Waals surface area contributed by atoms with Gasteiger partial charge in [0.2, 0.25) is 11.6 Å². The van der Waals surface area contributed by atoms with E-state index < -0.39 is 4.92 Å². The van der Waals surface area contributed by atoms with Crippen molar-refractivity contribution in [1.82, 2.24) is 14.9 Å². The van der Waals surface area contributed by atoms with Crippen LogP contribution in [0.25, 0.3) is 0 Å². The van der Waals surface area contributed by atoms with Crippen LogP contribution in [0, 0.1) is 10.1 Å². The third-order valence-corrected chi connectivity index (χ3v) is 4.57. The highest BCUT2D eigenvalue weighted by atomic mass is 16.6. The first kappa shape index (κ1) is 17.2. The summed E-state index contributed by atoms with van der Waals surface area (Å²) in [5.74, 6) is 1.22. The molecule has 1 fully saturated rings. The molecule has 134 valence electrons. The van der Waals surface area contributed by atoms with Crippen LogP contribution in [0.5, 0.6) is 0 Å². The summed E-state index contributed by atoms with van der Waals surface area (Å²) < 4.78 is 5.25. The molecule has 0 aromatic carbocycles. The predicted molar refractivity (Wildman–Crippen MR) is 93.6 cm³/mol. The fraction of sp³-hybridized carbons (Fsp3) is 0.500. The standard InChI is InChI=1S/C16H22N6O3/c1-20-7-5-12(6-8-20)21(2)16-14(22(23)24)15(18-11-19-16)17-10-13-4-3-9-25-13/h3-4,9,11-12H,5-8,10H2,1-2H3,(H,17,18,19). The van der Waals surface area contributed by atoms with Crippen LogP contribution < -0.4 is 10.2 Å². The number of nitro groups is 1. The number of hydrogen-bond acceptors (Lipinski definition) is 8. The summed E-state index contributed by atoms with van der Waals surface area (Å²) in [7, 11) is 3.95. The van der Waals surface area contributed by atoms with E-state index in [4.69, 9.17) is 4.42 Å². The Morgan fingerprint density at radius 3 is 2.84 bits per heavy atom. The summed E-state index contributed by atoms with van der Waals surface area (Å²) >= 11 is 0. The molecule has 3 rings (SSSR count). The second-order valence-electron chi connectivity index (χ2n) is 6.23. The van der Waals surface area contributed by atoms with Crippen molar-refractivity contribution in [2.24, 2.45) is 0 Å². The SMILES string of the molecule is CN1CCC(N(C)c2ncnc(NCc3ccco3)c2[N+](=O)[O-])CC1. The molecule has 2 aromatic heterocycles. The van der Waals surface area contributed by atoms with E-state index in [1.807, 2.05) is 11.9 Å². The molecule has 0 radical (unpaired) electrons. The van der Waals surface area contributed by atoms with Crippen LogP contribution in [0.4, 0.5) is 17.3 Å². The Balaban J connectivity index is 1.83. The van der Waals surface area contributed by atoms with Gasteiger partial charge in [-0.2, -0.15) is 0 Å². The van der Waals surface area contributed by atoms with Crippen molar-refractivity contribution >= 4 is 17.3 Å². The number of nitrogens with zero attached hydrogens (tertiary/aromatic N) is 5. The lowest BCUT2D eigenvalue weighted by molar-refractivity contribution is -0.383. The van der Waals surface area contributed by atoms with E-state index in [1.165, 1.54) is 6.33 Å². The topological polar surface area (TPSA) is 101 Å². The lowest BCUT2D eigenvalue weighted by atomic mass is 10.0. The zero-order chi connectivity index (χ0) is 17.8. The van der Waals surface area contributed by atoms with Gasteiger partial charge >= 0.3 is 5.69 Å². The van der Waals surface area contributed by atoms with Gasteiger partial charge in [-0.3, -0.25) is 10.1 Å². The number of nitrogens with one attached hydrogen (secondary N) is 1. The fourth-order valence-electron chi connectivity index (χ4n) is 3.06. The monoisotopic (exact) mass is 346 g/mol. The van der Waals surface area contributed by atoms with E-state index in [0.29, 0.717) is 18.1 Å². The fourth-order valence-corrected chi connectivity index (χ4v) is 3.06. The highest BCUT2D eigenvalue weighted by Crippen LogP contribution is 2.33. The van der Waals surface area contributed by atoms with Gasteiger partial charge in [-0.1, -0.05) is 0 Å². The highest BCUT2D eigenvalue weighted by molar-refractivity contribution is 5.70. The molecule has 2 aromatic rings. The van der Waals surface area contributed by atoms with E-state index >= 15 is 0 Å². The van der Waals surface area contributed by atoms with E-state index in [1.54, 1.807) is 18.4 Å². The smallest absolute Gasteiger partial charge is 0.353 e. The Morgan fingerprint density at radius 1 is 1.44 bits per heavy atom. The molecule has 3 heterocycles. The Kier molecular flexibility index (Phi) is 5.13. The molecule has 1 saturated heterocycles. The second kappa shape index (κ2) is 7.47. The van der Waals surface area contributed by atoms with Crippen molar-refractivity contribution in [2.45, 2.75) is 25.4 Å². The van der Waals surface area contributed by atoms with Gasteiger partial charge in [0.05, 0.1) is 17.7 Å². The van der Waals surface area contributed by atoms with Crippen LogP contribution in [-0.4, -0.2) is 53.0 Å². The number of hydrogen-bond donors (Lipinski definition) is 1. The van der Waals surface area contributed by atoms with E-state index in [0.717, 1.165) is 25.9 Å². The summed E-state index contributed by atoms with van der Waals surface area (Å²) in [6, 6.07) is 3.79. The molecular formula is C16H22N6O3. The molecule has 0 aliphatic carbocycles. The molecule has 0 spiro atoms. The van der Waals surface area contributed by atoms with Crippen LogP contribution in [0.3, 0.4) is 0 Å². The van der Waals surface area contributed by atoms with E-state index in [2.05, 4.69) is 27.2 Å². The molecule has 0 unspecified atom stereocenters. The van der Waals surface area contributed by atoms with Crippen molar-refractivity contribution in [3.8, 4) is 0 Å². The van der Waals surface area contributed by atoms with E-state index in [9.17, 15) is 10.1 Å². The lowest BCUT2D eigenvalue weighted by Gasteiger charge is -2.35. The van der Waals surface area contributed by atoms with Crippen molar-refractivity contribution < 1.29 is 9.34 Å². The molecule has 25 heavy (non-hydrogen) atoms. The maximum atomic E-state index is 11.7. The molecular weight excluding hydrogens is 324 g/mol. The van der Waals surface area contributed by atoms with Gasteiger partial charge in [0, 0.05) is 13.1 Å². The van der Waals surface area contributed by atoms with Gasteiger partial charge in [-0.25, -0.2) is 9.97 Å². The molecule has 1 aliphatic heterocycles. The summed E-state index contributed by atoms with van der Waals surface area (Å²) in [4.78, 5) is 23.7. The van der Waals surface area contributed by atoms with Crippen LogP contribution in [0.15, 0.2) is 29.1 Å². The van der Waals surface area contributed by atoms with E-state index in [-0.39, 0.29) is 17.5 Å². The minimum atomic E-state index is -0.425. The van der Waals surface area contributed by atoms with Gasteiger partial charge in [-0.05, 0) is 45.1 Å². The minimum absolute atomic E-state index is 0.101. The predicted octanol–water partition coefficient (Wildman–Crippen LogP) is 2.12. The van der Waals surface area contributed by atoms with Gasteiger partial charge < -0.3 is 19.5 Å². The zero-order valence-electron chi connectivity index (χ0n) is 14.4. The number of piperidine rings is 1. The van der Waals surface area contributed by atoms with Crippen LogP contribution >= 0.6 is 0 Å². The lowest BCUT2D eigenvalue weighted by Crippen LogP contribution is -2.42. The first-order chi connectivity index (χ1) is 12.1.